The van der Waals surface area contributed by atoms with Gasteiger partial charge in [-0.2, -0.15) is 0 Å². The number of nitrogens with one attached hydrogen (secondary N) is 1. The van der Waals surface area contributed by atoms with E-state index < -0.39 is 0 Å². The number of anilines is 1. The second-order valence-corrected chi connectivity index (χ2v) is 6.27. The zero-order chi connectivity index (χ0) is 18.4. The lowest BCUT2D eigenvalue weighted by atomic mass is 10.1. The minimum Gasteiger partial charge on any atom is -0.355 e. The van der Waals surface area contributed by atoms with Gasteiger partial charge in [0.15, 0.2) is 0 Å². The molecular formula is C21H22N4O. The van der Waals surface area contributed by atoms with Gasteiger partial charge in [0.05, 0.1) is 0 Å². The van der Waals surface area contributed by atoms with E-state index in [9.17, 15) is 4.79 Å². The molecule has 0 aliphatic carbocycles. The van der Waals surface area contributed by atoms with Gasteiger partial charge in [0.25, 0.3) is 5.91 Å². The molecule has 0 bridgehead atoms. The number of rotatable bonds is 6. The summed E-state index contributed by atoms with van der Waals surface area (Å²) in [6.45, 7) is 3.21. The standard InChI is InChI=1S/C21H22N4O/c1-16-7-6-10-18(11-16)13-22-21(26)19-12-20(24-15-23-19)25(2)14-17-8-4-3-5-9-17/h3-12,15H,13-14H2,1-2H3,(H,22,26). The second kappa shape index (κ2) is 8.25. The summed E-state index contributed by atoms with van der Waals surface area (Å²) in [4.78, 5) is 22.8. The van der Waals surface area contributed by atoms with Gasteiger partial charge in [-0.1, -0.05) is 60.2 Å². The number of amides is 1. The third kappa shape index (κ3) is 4.66. The number of nitrogens with zero attached hydrogens (tertiary/aromatic N) is 3. The van der Waals surface area contributed by atoms with Gasteiger partial charge in [0, 0.05) is 26.2 Å². The van der Waals surface area contributed by atoms with Gasteiger partial charge in [0.2, 0.25) is 0 Å². The van der Waals surface area contributed by atoms with Crippen molar-refractivity contribution in [2.75, 3.05) is 11.9 Å². The van der Waals surface area contributed by atoms with Gasteiger partial charge in [-0.05, 0) is 18.1 Å². The van der Waals surface area contributed by atoms with E-state index in [4.69, 9.17) is 0 Å². The number of hydrogen-bond acceptors (Lipinski definition) is 4. The summed E-state index contributed by atoms with van der Waals surface area (Å²) < 4.78 is 0. The van der Waals surface area contributed by atoms with Crippen LogP contribution in [0.5, 0.6) is 0 Å². The lowest BCUT2D eigenvalue weighted by molar-refractivity contribution is 0.0945. The van der Waals surface area contributed by atoms with E-state index >= 15 is 0 Å². The average Bonchev–Trinajstić information content (AvgIpc) is 2.67. The Morgan fingerprint density at radius 3 is 2.54 bits per heavy atom. The smallest absolute Gasteiger partial charge is 0.270 e. The van der Waals surface area contributed by atoms with Crippen LogP contribution in [0.2, 0.25) is 0 Å². The molecule has 1 aromatic heterocycles. The van der Waals surface area contributed by atoms with Gasteiger partial charge in [-0.15, -0.1) is 0 Å². The Morgan fingerprint density at radius 2 is 1.77 bits per heavy atom. The number of aromatic nitrogens is 2. The van der Waals surface area contributed by atoms with Crippen molar-refractivity contribution in [3.8, 4) is 0 Å². The van der Waals surface area contributed by atoms with Crippen LogP contribution in [0.25, 0.3) is 0 Å². The van der Waals surface area contributed by atoms with E-state index in [1.165, 1.54) is 17.5 Å². The first-order valence-electron chi connectivity index (χ1n) is 8.52. The minimum absolute atomic E-state index is 0.205. The summed E-state index contributed by atoms with van der Waals surface area (Å²) in [5.74, 6) is 0.507. The van der Waals surface area contributed by atoms with Gasteiger partial charge in [-0.25, -0.2) is 9.97 Å². The molecule has 1 amide bonds. The normalized spacial score (nSPS) is 10.4. The quantitative estimate of drug-likeness (QED) is 0.744. The van der Waals surface area contributed by atoms with Crippen LogP contribution >= 0.6 is 0 Å². The predicted molar refractivity (Wildman–Crippen MR) is 103 cm³/mol. The molecule has 0 spiro atoms. The van der Waals surface area contributed by atoms with Gasteiger partial charge < -0.3 is 10.2 Å². The number of benzene rings is 2. The van der Waals surface area contributed by atoms with E-state index in [0.717, 1.165) is 5.56 Å². The lowest BCUT2D eigenvalue weighted by Gasteiger charge is -2.18. The molecule has 26 heavy (non-hydrogen) atoms. The monoisotopic (exact) mass is 346 g/mol. The molecule has 0 atom stereocenters. The molecule has 1 heterocycles. The Morgan fingerprint density at radius 1 is 1.00 bits per heavy atom. The summed E-state index contributed by atoms with van der Waals surface area (Å²) in [7, 11) is 1.95. The summed E-state index contributed by atoms with van der Waals surface area (Å²) in [5, 5.41) is 2.91. The average molecular weight is 346 g/mol. The highest BCUT2D eigenvalue weighted by Crippen LogP contribution is 2.13. The van der Waals surface area contributed by atoms with Crippen molar-refractivity contribution in [1.29, 1.82) is 0 Å². The summed E-state index contributed by atoms with van der Waals surface area (Å²) in [5.41, 5.74) is 3.78. The van der Waals surface area contributed by atoms with E-state index in [1.54, 1.807) is 6.07 Å². The second-order valence-electron chi connectivity index (χ2n) is 6.27. The van der Waals surface area contributed by atoms with Crippen LogP contribution in [0.4, 0.5) is 5.82 Å². The first-order chi connectivity index (χ1) is 12.6. The number of aryl methyl sites for hydroxylation is 1. The maximum absolute atomic E-state index is 12.4. The maximum atomic E-state index is 12.4. The van der Waals surface area contributed by atoms with Crippen LogP contribution in [-0.2, 0) is 13.1 Å². The van der Waals surface area contributed by atoms with Crippen LogP contribution in [0.3, 0.4) is 0 Å². The Labute approximate surface area is 153 Å². The number of carbonyl (C=O) groups excluding carboxylic acids is 1. The molecule has 0 aliphatic heterocycles. The SMILES string of the molecule is Cc1cccc(CNC(=O)c2cc(N(C)Cc3ccccc3)ncn2)c1. The molecule has 3 rings (SSSR count). The Balaban J connectivity index is 1.65. The number of carbonyl (C=O) groups is 1. The molecule has 5 heteroatoms. The molecule has 0 saturated carbocycles. The first kappa shape index (κ1) is 17.6. The highest BCUT2D eigenvalue weighted by Gasteiger charge is 2.11. The molecule has 2 aromatic carbocycles. The zero-order valence-electron chi connectivity index (χ0n) is 15.0. The van der Waals surface area contributed by atoms with Gasteiger partial charge in [0.1, 0.15) is 17.8 Å². The molecule has 0 fully saturated rings. The largest absolute Gasteiger partial charge is 0.355 e. The fourth-order valence-electron chi connectivity index (χ4n) is 2.71. The third-order valence-corrected chi connectivity index (χ3v) is 4.07. The van der Waals surface area contributed by atoms with Crippen LogP contribution in [0.1, 0.15) is 27.2 Å². The molecule has 0 unspecified atom stereocenters. The first-order valence-corrected chi connectivity index (χ1v) is 8.52. The van der Waals surface area contributed by atoms with Crippen LogP contribution < -0.4 is 10.2 Å². The van der Waals surface area contributed by atoms with E-state index in [-0.39, 0.29) is 5.91 Å². The van der Waals surface area contributed by atoms with Gasteiger partial charge >= 0.3 is 0 Å². The lowest BCUT2D eigenvalue weighted by Crippen LogP contribution is -2.25. The minimum atomic E-state index is -0.205. The van der Waals surface area contributed by atoms with Crippen LogP contribution in [0.15, 0.2) is 67.0 Å². The fourth-order valence-corrected chi connectivity index (χ4v) is 2.71. The predicted octanol–water partition coefficient (Wildman–Crippen LogP) is 3.35. The molecular weight excluding hydrogens is 324 g/mol. The zero-order valence-corrected chi connectivity index (χ0v) is 15.0. The van der Waals surface area contributed by atoms with Crippen molar-refractivity contribution in [2.45, 2.75) is 20.0 Å². The summed E-state index contributed by atoms with van der Waals surface area (Å²) in [6.07, 6.45) is 1.43. The highest BCUT2D eigenvalue weighted by molar-refractivity contribution is 5.92. The van der Waals surface area contributed by atoms with E-state index in [1.807, 2.05) is 55.3 Å². The Hall–Kier alpha value is -3.21. The molecule has 132 valence electrons. The maximum Gasteiger partial charge on any atom is 0.270 e. The Bertz CT molecular complexity index is 880. The van der Waals surface area contributed by atoms with Crippen molar-refractivity contribution in [3.05, 3.63) is 89.4 Å². The molecule has 0 radical (unpaired) electrons. The van der Waals surface area contributed by atoms with Crippen molar-refractivity contribution in [1.82, 2.24) is 15.3 Å². The van der Waals surface area contributed by atoms with Crippen LogP contribution in [-0.4, -0.2) is 22.9 Å². The molecule has 5 nitrogen and oxygen atoms in total. The molecule has 1 N–H and O–H groups in total. The number of hydrogen-bond donors (Lipinski definition) is 1. The van der Waals surface area contributed by atoms with E-state index in [2.05, 4.69) is 33.5 Å². The molecule has 3 aromatic rings. The van der Waals surface area contributed by atoms with Gasteiger partial charge in [-0.3, -0.25) is 4.79 Å². The molecule has 0 aliphatic rings. The Kier molecular flexibility index (Phi) is 5.59. The summed E-state index contributed by atoms with van der Waals surface area (Å²) in [6, 6.07) is 19.9. The van der Waals surface area contributed by atoms with Crippen LogP contribution in [0, 0.1) is 6.92 Å². The van der Waals surface area contributed by atoms with Crippen molar-refractivity contribution < 1.29 is 4.79 Å². The van der Waals surface area contributed by atoms with Crippen molar-refractivity contribution in [3.63, 3.8) is 0 Å². The highest BCUT2D eigenvalue weighted by atomic mass is 16.1. The summed E-state index contributed by atoms with van der Waals surface area (Å²) >= 11 is 0. The third-order valence-electron chi connectivity index (χ3n) is 4.07. The topological polar surface area (TPSA) is 58.1 Å². The van der Waals surface area contributed by atoms with E-state index in [0.29, 0.717) is 24.6 Å². The van der Waals surface area contributed by atoms with Crippen molar-refractivity contribution in [2.24, 2.45) is 0 Å². The fraction of sp³-hybridized carbons (Fsp3) is 0.190. The van der Waals surface area contributed by atoms with Crippen molar-refractivity contribution >= 4 is 11.7 Å². The molecule has 0 saturated heterocycles.